The Labute approximate surface area is 119 Å². The summed E-state index contributed by atoms with van der Waals surface area (Å²) in [6.07, 6.45) is -0.176. The lowest BCUT2D eigenvalue weighted by atomic mass is 9.54. The van der Waals surface area contributed by atoms with Gasteiger partial charge in [-0.3, -0.25) is 4.79 Å². The van der Waals surface area contributed by atoms with Crippen LogP contribution in [0.4, 0.5) is 0 Å². The Bertz CT molecular complexity index is 414. The summed E-state index contributed by atoms with van der Waals surface area (Å²) in [5.74, 6) is 0.0772. The molecule has 0 aromatic carbocycles. The number of aliphatic hydroxyl groups excluding tert-OH is 2. The Morgan fingerprint density at radius 1 is 1.40 bits per heavy atom. The van der Waals surface area contributed by atoms with Crippen LogP contribution >= 0.6 is 0 Å². The molecule has 0 aromatic rings. The van der Waals surface area contributed by atoms with E-state index < -0.39 is 11.5 Å². The average Bonchev–Trinajstić information content (AvgIpc) is 2.81. The monoisotopic (exact) mass is 284 g/mol. The van der Waals surface area contributed by atoms with E-state index in [9.17, 15) is 15.0 Å². The van der Waals surface area contributed by atoms with Crippen LogP contribution < -0.4 is 0 Å². The van der Waals surface area contributed by atoms with Crippen LogP contribution in [0.1, 0.15) is 20.3 Å². The molecular weight excluding hydrogens is 260 g/mol. The SMILES string of the molecule is COC(=O)CC1C2C(O)C3COCC(C)(C31)C2(C)CO. The predicted octanol–water partition coefficient (Wildman–Crippen LogP) is 0.437. The van der Waals surface area contributed by atoms with Gasteiger partial charge >= 0.3 is 5.97 Å². The maximum absolute atomic E-state index is 11.7. The van der Waals surface area contributed by atoms with Crippen molar-refractivity contribution in [1.29, 1.82) is 0 Å². The van der Waals surface area contributed by atoms with Gasteiger partial charge in [0.25, 0.3) is 0 Å². The van der Waals surface area contributed by atoms with Crippen LogP contribution in [0.3, 0.4) is 0 Å². The van der Waals surface area contributed by atoms with Crippen LogP contribution in [0.2, 0.25) is 0 Å². The Kier molecular flexibility index (Phi) is 3.16. The van der Waals surface area contributed by atoms with Crippen molar-refractivity contribution in [2.75, 3.05) is 26.9 Å². The van der Waals surface area contributed by atoms with Crippen molar-refractivity contribution in [3.8, 4) is 0 Å². The zero-order chi connectivity index (χ0) is 14.7. The maximum atomic E-state index is 11.7. The number of hydrogen-bond acceptors (Lipinski definition) is 5. The molecule has 1 aliphatic heterocycles. The van der Waals surface area contributed by atoms with Gasteiger partial charge in [0, 0.05) is 29.8 Å². The van der Waals surface area contributed by atoms with Crippen LogP contribution in [-0.4, -0.2) is 49.2 Å². The fraction of sp³-hybridized carbons (Fsp3) is 0.933. The molecule has 2 bridgehead atoms. The summed E-state index contributed by atoms with van der Waals surface area (Å²) in [5.41, 5.74) is -0.597. The highest BCUT2D eigenvalue weighted by molar-refractivity contribution is 5.69. The zero-order valence-electron chi connectivity index (χ0n) is 12.3. The van der Waals surface area contributed by atoms with Crippen molar-refractivity contribution in [3.05, 3.63) is 0 Å². The Morgan fingerprint density at radius 3 is 2.70 bits per heavy atom. The van der Waals surface area contributed by atoms with Crippen molar-refractivity contribution in [2.24, 2.45) is 34.5 Å². The number of carbonyl (C=O) groups is 1. The minimum absolute atomic E-state index is 0.00940. The molecule has 20 heavy (non-hydrogen) atoms. The third kappa shape index (κ3) is 1.46. The number of hydrogen-bond donors (Lipinski definition) is 2. The fourth-order valence-corrected chi connectivity index (χ4v) is 5.51. The first-order valence-electron chi connectivity index (χ1n) is 7.34. The van der Waals surface area contributed by atoms with E-state index in [1.807, 2.05) is 6.92 Å². The quantitative estimate of drug-likeness (QED) is 0.735. The normalized spacial score (nSPS) is 53.1. The Balaban J connectivity index is 2.01. The number of rotatable bonds is 3. The van der Waals surface area contributed by atoms with E-state index in [1.165, 1.54) is 7.11 Å². The van der Waals surface area contributed by atoms with E-state index in [0.29, 0.717) is 19.6 Å². The van der Waals surface area contributed by atoms with Crippen LogP contribution in [0.15, 0.2) is 0 Å². The smallest absolute Gasteiger partial charge is 0.305 e. The first-order valence-corrected chi connectivity index (χ1v) is 7.34. The Morgan fingerprint density at radius 2 is 2.10 bits per heavy atom. The van der Waals surface area contributed by atoms with Crippen LogP contribution in [0, 0.1) is 34.5 Å². The van der Waals surface area contributed by atoms with Crippen LogP contribution in [-0.2, 0) is 14.3 Å². The molecule has 0 spiro atoms. The van der Waals surface area contributed by atoms with Gasteiger partial charge in [0.05, 0.1) is 26.4 Å². The lowest BCUT2D eigenvalue weighted by Crippen LogP contribution is -2.58. The summed E-state index contributed by atoms with van der Waals surface area (Å²) in [6, 6.07) is 0. The van der Waals surface area contributed by atoms with Gasteiger partial charge in [-0.05, 0) is 17.8 Å². The molecule has 7 unspecified atom stereocenters. The summed E-state index contributed by atoms with van der Waals surface area (Å²) in [7, 11) is 1.40. The second-order valence-electron chi connectivity index (χ2n) is 7.16. The van der Waals surface area contributed by atoms with E-state index in [4.69, 9.17) is 9.47 Å². The van der Waals surface area contributed by atoms with E-state index in [0.717, 1.165) is 0 Å². The van der Waals surface area contributed by atoms with E-state index in [1.54, 1.807) is 0 Å². The van der Waals surface area contributed by atoms with Crippen molar-refractivity contribution in [2.45, 2.75) is 26.4 Å². The molecule has 0 radical (unpaired) electrons. The number of aliphatic hydroxyl groups is 2. The largest absolute Gasteiger partial charge is 0.469 e. The third-order valence-corrected chi connectivity index (χ3v) is 6.64. The van der Waals surface area contributed by atoms with E-state index >= 15 is 0 Å². The van der Waals surface area contributed by atoms with Gasteiger partial charge in [0.1, 0.15) is 0 Å². The average molecular weight is 284 g/mol. The highest BCUT2D eigenvalue weighted by Gasteiger charge is 2.74. The predicted molar refractivity (Wildman–Crippen MR) is 70.7 cm³/mol. The molecule has 3 fully saturated rings. The summed E-state index contributed by atoms with van der Waals surface area (Å²) in [5, 5.41) is 20.6. The second-order valence-corrected chi connectivity index (χ2v) is 7.16. The van der Waals surface area contributed by atoms with Crippen molar-refractivity contribution < 1.29 is 24.5 Å². The molecule has 7 atom stereocenters. The third-order valence-electron chi connectivity index (χ3n) is 6.64. The first-order chi connectivity index (χ1) is 9.40. The van der Waals surface area contributed by atoms with E-state index in [-0.39, 0.29) is 41.7 Å². The lowest BCUT2D eigenvalue weighted by molar-refractivity contribution is -0.194. The molecule has 5 nitrogen and oxygen atoms in total. The van der Waals surface area contributed by atoms with Crippen molar-refractivity contribution >= 4 is 5.97 Å². The number of esters is 1. The molecule has 3 rings (SSSR count). The Hall–Kier alpha value is -0.650. The summed E-state index contributed by atoms with van der Waals surface area (Å²) in [6.45, 7) is 5.31. The molecular formula is C15H24O5. The molecule has 0 amide bonds. The highest BCUT2D eigenvalue weighted by atomic mass is 16.5. The summed E-state index contributed by atoms with van der Waals surface area (Å²) in [4.78, 5) is 11.7. The van der Waals surface area contributed by atoms with Gasteiger partial charge in [-0.2, -0.15) is 0 Å². The molecule has 2 saturated carbocycles. The van der Waals surface area contributed by atoms with Gasteiger partial charge in [0.15, 0.2) is 0 Å². The number of carbonyl (C=O) groups excluding carboxylic acids is 1. The van der Waals surface area contributed by atoms with Crippen molar-refractivity contribution in [1.82, 2.24) is 0 Å². The fourth-order valence-electron chi connectivity index (χ4n) is 5.51. The first kappa shape index (κ1) is 14.3. The van der Waals surface area contributed by atoms with Crippen molar-refractivity contribution in [3.63, 3.8) is 0 Å². The van der Waals surface area contributed by atoms with Gasteiger partial charge < -0.3 is 19.7 Å². The second kappa shape index (κ2) is 4.42. The molecule has 2 aliphatic carbocycles. The maximum Gasteiger partial charge on any atom is 0.305 e. The van der Waals surface area contributed by atoms with Gasteiger partial charge in [0.2, 0.25) is 0 Å². The molecule has 5 heteroatoms. The topological polar surface area (TPSA) is 76.0 Å². The minimum Gasteiger partial charge on any atom is -0.469 e. The van der Waals surface area contributed by atoms with Gasteiger partial charge in [-0.25, -0.2) is 0 Å². The summed E-state index contributed by atoms with van der Waals surface area (Å²) < 4.78 is 10.5. The molecule has 1 saturated heterocycles. The summed E-state index contributed by atoms with van der Waals surface area (Å²) >= 11 is 0. The van der Waals surface area contributed by atoms with E-state index in [2.05, 4.69) is 6.92 Å². The van der Waals surface area contributed by atoms with Crippen LogP contribution in [0.25, 0.3) is 0 Å². The zero-order valence-corrected chi connectivity index (χ0v) is 12.3. The number of fused-ring (bicyclic) bond motifs is 1. The molecule has 1 heterocycles. The molecule has 0 aromatic heterocycles. The minimum atomic E-state index is -0.500. The molecule has 2 N–H and O–H groups in total. The standard InChI is InChI=1S/C15H24O5/c1-14(6-16)12-8(4-10(17)19-3)11-9(13(12)18)5-20-7-15(11,14)2/h8-9,11-13,16,18H,4-7H2,1-3H3. The molecule has 114 valence electrons. The number of methoxy groups -OCH3 is 1. The highest BCUT2D eigenvalue weighted by Crippen LogP contribution is 2.72. The lowest BCUT2D eigenvalue weighted by Gasteiger charge is -2.55. The van der Waals surface area contributed by atoms with Crippen LogP contribution in [0.5, 0.6) is 0 Å². The van der Waals surface area contributed by atoms with Gasteiger partial charge in [-0.1, -0.05) is 13.8 Å². The molecule has 3 aliphatic rings. The van der Waals surface area contributed by atoms with Gasteiger partial charge in [-0.15, -0.1) is 0 Å². The number of ether oxygens (including phenoxy) is 2.